The van der Waals surface area contributed by atoms with Gasteiger partial charge >= 0.3 is 0 Å². The van der Waals surface area contributed by atoms with E-state index in [0.29, 0.717) is 6.04 Å². The first-order valence-electron chi connectivity index (χ1n) is 6.15. The summed E-state index contributed by atoms with van der Waals surface area (Å²) in [5, 5.41) is 1.01. The molecule has 4 heteroatoms. The van der Waals surface area contributed by atoms with Gasteiger partial charge in [-0.25, -0.2) is 0 Å². The maximum Gasteiger partial charge on any atom is 0.257 e. The molecule has 0 aliphatic carbocycles. The van der Waals surface area contributed by atoms with Gasteiger partial charge < -0.3 is 9.32 Å². The molecule has 2 heterocycles. The van der Waals surface area contributed by atoms with Crippen molar-refractivity contribution in [2.75, 3.05) is 11.9 Å². The van der Waals surface area contributed by atoms with E-state index in [4.69, 9.17) is 4.42 Å². The molecule has 2 rings (SSSR count). The fourth-order valence-electron chi connectivity index (χ4n) is 2.48. The molecular weight excluding hydrogens is 282 g/mol. The van der Waals surface area contributed by atoms with Gasteiger partial charge in [-0.15, -0.1) is 0 Å². The summed E-state index contributed by atoms with van der Waals surface area (Å²) < 4.78 is 5.21. The number of aryl methyl sites for hydroxylation is 1. The topological polar surface area (TPSA) is 33.5 Å². The molecule has 1 amide bonds. The van der Waals surface area contributed by atoms with Crippen molar-refractivity contribution in [1.29, 1.82) is 0 Å². The molecule has 1 aliphatic rings. The predicted octanol–water partition coefficient (Wildman–Crippen LogP) is 3.37. The van der Waals surface area contributed by atoms with Gasteiger partial charge in [0.25, 0.3) is 5.91 Å². The molecule has 0 saturated carbocycles. The average Bonchev–Trinajstić information content (AvgIpc) is 2.94. The van der Waals surface area contributed by atoms with E-state index in [1.807, 2.05) is 11.8 Å². The van der Waals surface area contributed by atoms with E-state index in [9.17, 15) is 4.79 Å². The van der Waals surface area contributed by atoms with Crippen LogP contribution in [0, 0.1) is 6.92 Å². The van der Waals surface area contributed by atoms with Crippen LogP contribution in [0.15, 0.2) is 16.7 Å². The number of rotatable bonds is 4. The quantitative estimate of drug-likeness (QED) is 0.799. The second kappa shape index (κ2) is 5.71. The number of carbonyl (C=O) groups is 1. The molecule has 3 nitrogen and oxygen atoms in total. The first-order valence-corrected chi connectivity index (χ1v) is 7.27. The Morgan fingerprint density at radius 3 is 3.12 bits per heavy atom. The zero-order valence-corrected chi connectivity index (χ0v) is 11.7. The minimum Gasteiger partial charge on any atom is -0.469 e. The van der Waals surface area contributed by atoms with Gasteiger partial charge in [-0.1, -0.05) is 15.9 Å². The fourth-order valence-corrected chi connectivity index (χ4v) is 2.80. The van der Waals surface area contributed by atoms with Crippen molar-refractivity contribution in [2.45, 2.75) is 38.6 Å². The van der Waals surface area contributed by atoms with Crippen molar-refractivity contribution >= 4 is 21.8 Å². The molecule has 17 heavy (non-hydrogen) atoms. The molecular formula is C13H18BrNO2. The number of halogens is 1. The van der Waals surface area contributed by atoms with E-state index in [1.165, 1.54) is 0 Å². The predicted molar refractivity (Wildman–Crippen MR) is 70.5 cm³/mol. The van der Waals surface area contributed by atoms with Gasteiger partial charge in [0.2, 0.25) is 0 Å². The SMILES string of the molecule is Cc1occc1C(=O)N1CCCC1CCCBr. The zero-order valence-electron chi connectivity index (χ0n) is 10.1. The van der Waals surface area contributed by atoms with Crippen LogP contribution in [0.1, 0.15) is 41.8 Å². The summed E-state index contributed by atoms with van der Waals surface area (Å²) in [7, 11) is 0. The first-order chi connectivity index (χ1) is 8.24. The zero-order chi connectivity index (χ0) is 12.3. The summed E-state index contributed by atoms with van der Waals surface area (Å²) in [6, 6.07) is 2.19. The van der Waals surface area contributed by atoms with Gasteiger partial charge in [0.1, 0.15) is 5.76 Å². The van der Waals surface area contributed by atoms with Crippen LogP contribution in [-0.4, -0.2) is 28.7 Å². The van der Waals surface area contributed by atoms with Gasteiger partial charge in [0.05, 0.1) is 11.8 Å². The van der Waals surface area contributed by atoms with Crippen molar-refractivity contribution in [1.82, 2.24) is 4.90 Å². The second-order valence-corrected chi connectivity index (χ2v) is 5.31. The Morgan fingerprint density at radius 1 is 1.65 bits per heavy atom. The molecule has 1 aromatic rings. The van der Waals surface area contributed by atoms with Crippen LogP contribution >= 0.6 is 15.9 Å². The van der Waals surface area contributed by atoms with E-state index >= 15 is 0 Å². The number of nitrogens with zero attached hydrogens (tertiary/aromatic N) is 1. The first kappa shape index (κ1) is 12.7. The van der Waals surface area contributed by atoms with Crippen molar-refractivity contribution in [3.05, 3.63) is 23.7 Å². The molecule has 0 N–H and O–H groups in total. The molecule has 0 spiro atoms. The van der Waals surface area contributed by atoms with E-state index in [1.54, 1.807) is 12.3 Å². The smallest absolute Gasteiger partial charge is 0.257 e. The van der Waals surface area contributed by atoms with Crippen molar-refractivity contribution in [3.63, 3.8) is 0 Å². The van der Waals surface area contributed by atoms with Crippen LogP contribution in [0.25, 0.3) is 0 Å². The summed E-state index contributed by atoms with van der Waals surface area (Å²) >= 11 is 3.45. The van der Waals surface area contributed by atoms with Crippen molar-refractivity contribution in [3.8, 4) is 0 Å². The largest absolute Gasteiger partial charge is 0.469 e. The molecule has 1 saturated heterocycles. The van der Waals surface area contributed by atoms with Crippen LogP contribution in [-0.2, 0) is 0 Å². The highest BCUT2D eigenvalue weighted by molar-refractivity contribution is 9.09. The summed E-state index contributed by atoms with van der Waals surface area (Å²) in [5.41, 5.74) is 0.718. The van der Waals surface area contributed by atoms with Crippen molar-refractivity contribution in [2.24, 2.45) is 0 Å². The second-order valence-electron chi connectivity index (χ2n) is 4.52. The Labute approximate surface area is 110 Å². The maximum atomic E-state index is 12.4. The standard InChI is InChI=1S/C13H18BrNO2/c1-10-12(6-9-17-10)13(16)15-8-3-5-11(15)4-2-7-14/h6,9,11H,2-5,7-8H2,1H3. The van der Waals surface area contributed by atoms with Crippen molar-refractivity contribution < 1.29 is 9.21 Å². The molecule has 1 aromatic heterocycles. The summed E-state index contributed by atoms with van der Waals surface area (Å²) in [6.45, 7) is 2.73. The number of hydrogen-bond acceptors (Lipinski definition) is 2. The fraction of sp³-hybridized carbons (Fsp3) is 0.615. The molecule has 1 unspecified atom stereocenters. The van der Waals surface area contributed by atoms with Crippen LogP contribution in [0.3, 0.4) is 0 Å². The summed E-state index contributed by atoms with van der Waals surface area (Å²) in [6.07, 6.45) is 6.06. The highest BCUT2D eigenvalue weighted by atomic mass is 79.9. The third kappa shape index (κ3) is 2.73. The lowest BCUT2D eigenvalue weighted by molar-refractivity contribution is 0.0728. The molecule has 1 aliphatic heterocycles. The summed E-state index contributed by atoms with van der Waals surface area (Å²) in [5.74, 6) is 0.856. The lowest BCUT2D eigenvalue weighted by atomic mass is 10.1. The lowest BCUT2D eigenvalue weighted by Crippen LogP contribution is -2.35. The van der Waals surface area contributed by atoms with E-state index in [2.05, 4.69) is 15.9 Å². The van der Waals surface area contributed by atoms with E-state index in [-0.39, 0.29) is 5.91 Å². The van der Waals surface area contributed by atoms with Gasteiger partial charge in [-0.3, -0.25) is 4.79 Å². The Bertz CT molecular complexity index is 389. The van der Waals surface area contributed by atoms with Gasteiger partial charge in [0, 0.05) is 17.9 Å². The molecule has 1 fully saturated rings. The lowest BCUT2D eigenvalue weighted by Gasteiger charge is -2.24. The van der Waals surface area contributed by atoms with Crippen LogP contribution in [0.2, 0.25) is 0 Å². The highest BCUT2D eigenvalue weighted by Crippen LogP contribution is 2.25. The van der Waals surface area contributed by atoms with Gasteiger partial charge in [0.15, 0.2) is 0 Å². The minimum absolute atomic E-state index is 0.133. The monoisotopic (exact) mass is 299 g/mol. The third-order valence-corrected chi connectivity index (χ3v) is 3.96. The maximum absolute atomic E-state index is 12.4. The number of hydrogen-bond donors (Lipinski definition) is 0. The molecule has 0 radical (unpaired) electrons. The highest BCUT2D eigenvalue weighted by Gasteiger charge is 2.30. The van der Waals surface area contributed by atoms with E-state index < -0.39 is 0 Å². The number of furan rings is 1. The Kier molecular flexibility index (Phi) is 4.26. The van der Waals surface area contributed by atoms with Gasteiger partial charge in [-0.05, 0) is 38.7 Å². The number of likely N-dealkylation sites (tertiary alicyclic amines) is 1. The third-order valence-electron chi connectivity index (χ3n) is 3.40. The van der Waals surface area contributed by atoms with Crippen LogP contribution in [0.5, 0.6) is 0 Å². The molecule has 0 bridgehead atoms. The summed E-state index contributed by atoms with van der Waals surface area (Å²) in [4.78, 5) is 14.4. The Balaban J connectivity index is 2.06. The number of carbonyl (C=O) groups excluding carboxylic acids is 1. The average molecular weight is 300 g/mol. The normalized spacial score (nSPS) is 19.9. The number of alkyl halides is 1. The Morgan fingerprint density at radius 2 is 2.47 bits per heavy atom. The Hall–Kier alpha value is -0.770. The minimum atomic E-state index is 0.133. The van der Waals surface area contributed by atoms with E-state index in [0.717, 1.165) is 48.9 Å². The van der Waals surface area contributed by atoms with Crippen LogP contribution < -0.4 is 0 Å². The van der Waals surface area contributed by atoms with Crippen LogP contribution in [0.4, 0.5) is 0 Å². The molecule has 0 aromatic carbocycles. The number of amides is 1. The molecule has 1 atom stereocenters. The molecule has 94 valence electrons. The van der Waals surface area contributed by atoms with Gasteiger partial charge in [-0.2, -0.15) is 0 Å².